The maximum atomic E-state index is 10.9. The van der Waals surface area contributed by atoms with Crippen LogP contribution in [-0.2, 0) is 14.3 Å². The summed E-state index contributed by atoms with van der Waals surface area (Å²) in [5.74, 6) is 0.803. The lowest BCUT2D eigenvalue weighted by Gasteiger charge is -2.09. The van der Waals surface area contributed by atoms with Crippen LogP contribution in [0.4, 0.5) is 0 Å². The van der Waals surface area contributed by atoms with Gasteiger partial charge >= 0.3 is 5.97 Å². The van der Waals surface area contributed by atoms with Crippen molar-refractivity contribution in [3.05, 3.63) is 0 Å². The smallest absolute Gasteiger partial charge is 0.306 e. The van der Waals surface area contributed by atoms with Crippen molar-refractivity contribution in [2.24, 2.45) is 0 Å². The summed E-state index contributed by atoms with van der Waals surface area (Å²) in [6.45, 7) is 5.71. The van der Waals surface area contributed by atoms with Crippen molar-refractivity contribution in [3.63, 3.8) is 0 Å². The summed E-state index contributed by atoms with van der Waals surface area (Å²) in [6, 6.07) is 0. The number of carbonyl (C=O) groups excluding carboxylic acids is 1. The topological polar surface area (TPSA) is 35.5 Å². The number of esters is 1. The standard InChI is InChI=1S/C10H20O3S/c1-4-5-13-6-7-14-9(2)8-10(11)12-3/h9H,4-8H2,1-3H3. The molecule has 0 aliphatic heterocycles. The Balaban J connectivity index is 3.26. The molecule has 0 heterocycles. The Hall–Kier alpha value is -0.220. The zero-order valence-corrected chi connectivity index (χ0v) is 10.1. The lowest BCUT2D eigenvalue weighted by molar-refractivity contribution is -0.140. The number of carbonyl (C=O) groups is 1. The van der Waals surface area contributed by atoms with Gasteiger partial charge in [-0.3, -0.25) is 4.79 Å². The highest BCUT2D eigenvalue weighted by Crippen LogP contribution is 2.14. The predicted octanol–water partition coefficient (Wildman–Crippen LogP) is 2.10. The number of ether oxygens (including phenoxy) is 2. The van der Waals surface area contributed by atoms with E-state index in [1.165, 1.54) is 7.11 Å². The molecular weight excluding hydrogens is 200 g/mol. The summed E-state index contributed by atoms with van der Waals surface area (Å²) in [5.41, 5.74) is 0. The number of thioether (sulfide) groups is 1. The molecule has 0 bridgehead atoms. The summed E-state index contributed by atoms with van der Waals surface area (Å²) < 4.78 is 9.91. The van der Waals surface area contributed by atoms with E-state index in [1.54, 1.807) is 11.8 Å². The maximum absolute atomic E-state index is 10.9. The first kappa shape index (κ1) is 13.8. The number of methoxy groups -OCH3 is 1. The van der Waals surface area contributed by atoms with Crippen LogP contribution >= 0.6 is 11.8 Å². The molecule has 0 radical (unpaired) electrons. The van der Waals surface area contributed by atoms with Crippen molar-refractivity contribution in [1.29, 1.82) is 0 Å². The lowest BCUT2D eigenvalue weighted by Crippen LogP contribution is -2.10. The van der Waals surface area contributed by atoms with Crippen LogP contribution in [0.5, 0.6) is 0 Å². The van der Waals surface area contributed by atoms with E-state index in [0.717, 1.165) is 25.4 Å². The molecule has 0 saturated carbocycles. The van der Waals surface area contributed by atoms with Gasteiger partial charge in [0.25, 0.3) is 0 Å². The first-order valence-corrected chi connectivity index (χ1v) is 6.01. The van der Waals surface area contributed by atoms with Crippen LogP contribution in [0.2, 0.25) is 0 Å². The first-order valence-electron chi connectivity index (χ1n) is 4.96. The van der Waals surface area contributed by atoms with Crippen LogP contribution in [0.3, 0.4) is 0 Å². The molecule has 4 heteroatoms. The van der Waals surface area contributed by atoms with E-state index in [4.69, 9.17) is 4.74 Å². The molecule has 3 nitrogen and oxygen atoms in total. The number of hydrogen-bond acceptors (Lipinski definition) is 4. The minimum absolute atomic E-state index is 0.139. The molecule has 0 rings (SSSR count). The van der Waals surface area contributed by atoms with Crippen LogP contribution in [0, 0.1) is 0 Å². The molecule has 84 valence electrons. The third-order valence-corrected chi connectivity index (χ3v) is 2.80. The molecule has 0 N–H and O–H groups in total. The second kappa shape index (κ2) is 9.34. The molecule has 0 spiro atoms. The minimum Gasteiger partial charge on any atom is -0.469 e. The molecule has 1 unspecified atom stereocenters. The van der Waals surface area contributed by atoms with Gasteiger partial charge in [0.2, 0.25) is 0 Å². The van der Waals surface area contributed by atoms with E-state index in [9.17, 15) is 4.79 Å². The van der Waals surface area contributed by atoms with Crippen LogP contribution in [0.15, 0.2) is 0 Å². The molecule has 0 aliphatic carbocycles. The lowest BCUT2D eigenvalue weighted by atomic mass is 10.3. The molecular formula is C10H20O3S. The number of rotatable bonds is 8. The highest BCUT2D eigenvalue weighted by Gasteiger charge is 2.08. The minimum atomic E-state index is -0.139. The molecule has 0 aliphatic rings. The predicted molar refractivity (Wildman–Crippen MR) is 59.7 cm³/mol. The van der Waals surface area contributed by atoms with E-state index in [1.807, 2.05) is 6.92 Å². The summed E-state index contributed by atoms with van der Waals surface area (Å²) in [5, 5.41) is 0.313. The van der Waals surface area contributed by atoms with Gasteiger partial charge in [0.15, 0.2) is 0 Å². The normalized spacial score (nSPS) is 12.5. The van der Waals surface area contributed by atoms with Gasteiger partial charge in [0.05, 0.1) is 20.1 Å². The van der Waals surface area contributed by atoms with Gasteiger partial charge in [-0.05, 0) is 6.42 Å². The Labute approximate surface area is 90.5 Å². The van der Waals surface area contributed by atoms with Crippen molar-refractivity contribution in [2.45, 2.75) is 31.9 Å². The third-order valence-electron chi connectivity index (χ3n) is 1.66. The zero-order chi connectivity index (χ0) is 10.8. The summed E-state index contributed by atoms with van der Waals surface area (Å²) >= 11 is 1.74. The van der Waals surface area contributed by atoms with Crippen molar-refractivity contribution in [3.8, 4) is 0 Å². The maximum Gasteiger partial charge on any atom is 0.306 e. The van der Waals surface area contributed by atoms with E-state index < -0.39 is 0 Å². The molecule has 14 heavy (non-hydrogen) atoms. The fourth-order valence-electron chi connectivity index (χ4n) is 0.932. The van der Waals surface area contributed by atoms with E-state index in [0.29, 0.717) is 11.7 Å². The average Bonchev–Trinajstić information content (AvgIpc) is 2.17. The van der Waals surface area contributed by atoms with Crippen LogP contribution in [-0.4, -0.2) is 37.3 Å². The van der Waals surface area contributed by atoms with Gasteiger partial charge in [-0.15, -0.1) is 0 Å². The van der Waals surface area contributed by atoms with Gasteiger partial charge in [0.1, 0.15) is 0 Å². The fraction of sp³-hybridized carbons (Fsp3) is 0.900. The Morgan fingerprint density at radius 3 is 2.71 bits per heavy atom. The molecule has 1 atom stereocenters. The summed E-state index contributed by atoms with van der Waals surface area (Å²) in [6.07, 6.45) is 1.54. The van der Waals surface area contributed by atoms with Gasteiger partial charge in [-0.25, -0.2) is 0 Å². The van der Waals surface area contributed by atoms with E-state index in [2.05, 4.69) is 11.7 Å². The van der Waals surface area contributed by atoms with Crippen LogP contribution in [0.1, 0.15) is 26.7 Å². The van der Waals surface area contributed by atoms with E-state index >= 15 is 0 Å². The second-order valence-electron chi connectivity index (χ2n) is 3.07. The van der Waals surface area contributed by atoms with Crippen molar-refractivity contribution in [1.82, 2.24) is 0 Å². The Bertz CT molecular complexity index is 150. The van der Waals surface area contributed by atoms with Gasteiger partial charge in [-0.2, -0.15) is 11.8 Å². The quantitative estimate of drug-likeness (QED) is 0.463. The molecule has 0 aromatic rings. The third kappa shape index (κ3) is 8.38. The van der Waals surface area contributed by atoms with Gasteiger partial charge in [0, 0.05) is 17.6 Å². The Kier molecular flexibility index (Phi) is 9.19. The SMILES string of the molecule is CCCOCCSC(C)CC(=O)OC. The second-order valence-corrected chi connectivity index (χ2v) is 4.62. The van der Waals surface area contributed by atoms with Gasteiger partial charge in [-0.1, -0.05) is 13.8 Å². The number of hydrogen-bond donors (Lipinski definition) is 0. The van der Waals surface area contributed by atoms with Crippen LogP contribution < -0.4 is 0 Å². The first-order chi connectivity index (χ1) is 6.70. The van der Waals surface area contributed by atoms with Crippen LogP contribution in [0.25, 0.3) is 0 Å². The Morgan fingerprint density at radius 1 is 1.43 bits per heavy atom. The molecule has 0 aromatic carbocycles. The highest BCUT2D eigenvalue weighted by atomic mass is 32.2. The molecule has 0 fully saturated rings. The largest absolute Gasteiger partial charge is 0.469 e. The molecule has 0 amide bonds. The van der Waals surface area contributed by atoms with E-state index in [-0.39, 0.29) is 5.97 Å². The summed E-state index contributed by atoms with van der Waals surface area (Å²) in [7, 11) is 1.42. The monoisotopic (exact) mass is 220 g/mol. The van der Waals surface area contributed by atoms with Crippen molar-refractivity contribution >= 4 is 17.7 Å². The van der Waals surface area contributed by atoms with Crippen molar-refractivity contribution < 1.29 is 14.3 Å². The van der Waals surface area contributed by atoms with Crippen molar-refractivity contribution in [2.75, 3.05) is 26.1 Å². The molecule has 0 aromatic heterocycles. The highest BCUT2D eigenvalue weighted by molar-refractivity contribution is 7.99. The molecule has 0 saturated heterocycles. The summed E-state index contributed by atoms with van der Waals surface area (Å²) in [4.78, 5) is 10.9. The average molecular weight is 220 g/mol. The zero-order valence-electron chi connectivity index (χ0n) is 9.25. The van der Waals surface area contributed by atoms with Gasteiger partial charge < -0.3 is 9.47 Å². The Morgan fingerprint density at radius 2 is 2.14 bits per heavy atom. The fourth-order valence-corrected chi connectivity index (χ4v) is 1.80.